The Hall–Kier alpha value is -2.46. The van der Waals surface area contributed by atoms with Gasteiger partial charge in [0, 0.05) is 35.2 Å². The Labute approximate surface area is 246 Å². The molecule has 1 saturated heterocycles. The Balaban J connectivity index is 1.25. The minimum absolute atomic E-state index is 0.0477. The number of likely N-dealkylation sites (N-methyl/N-ethyl adjacent to an activating group) is 1. The molecule has 2 fully saturated rings. The molecule has 0 spiro atoms. The molecule has 0 N–H and O–H groups in total. The first kappa shape index (κ1) is 29.0. The zero-order chi connectivity index (χ0) is 28.8. The zero-order valence-corrected chi connectivity index (χ0v) is 25.6. The monoisotopic (exact) mass is 603 g/mol. The predicted octanol–water partition coefficient (Wildman–Crippen LogP) is 5.97. The van der Waals surface area contributed by atoms with Gasteiger partial charge in [-0.05, 0) is 88.6 Å². The maximum atomic E-state index is 13.8. The van der Waals surface area contributed by atoms with E-state index in [0.717, 1.165) is 47.9 Å². The van der Waals surface area contributed by atoms with Crippen molar-refractivity contribution in [3.8, 4) is 11.3 Å². The molecule has 1 aliphatic carbocycles. The lowest BCUT2D eigenvalue weighted by molar-refractivity contribution is -0.136. The summed E-state index contributed by atoms with van der Waals surface area (Å²) in [7, 11) is -1.98. The minimum atomic E-state index is -3.80. The minimum Gasteiger partial charge on any atom is -0.341 e. The molecule has 5 rings (SSSR count). The Bertz CT molecular complexity index is 1490. The highest BCUT2D eigenvalue weighted by Crippen LogP contribution is 2.35. The van der Waals surface area contributed by atoms with Crippen molar-refractivity contribution in [1.29, 1.82) is 0 Å². The molecule has 1 saturated carbocycles. The van der Waals surface area contributed by atoms with Crippen molar-refractivity contribution in [1.82, 2.24) is 24.2 Å². The number of aryl methyl sites for hydroxylation is 3. The van der Waals surface area contributed by atoms with E-state index < -0.39 is 16.1 Å². The molecule has 1 aliphatic heterocycles. The summed E-state index contributed by atoms with van der Waals surface area (Å²) in [5, 5.41) is 9.77. The number of benzene rings is 2. The van der Waals surface area contributed by atoms with Gasteiger partial charge < -0.3 is 4.90 Å². The summed E-state index contributed by atoms with van der Waals surface area (Å²) >= 11 is 12.3. The number of rotatable bonds is 6. The van der Waals surface area contributed by atoms with Crippen molar-refractivity contribution in [3.63, 3.8) is 0 Å². The second kappa shape index (κ2) is 11.4. The lowest BCUT2D eigenvalue weighted by atomic mass is 9.90. The predicted molar refractivity (Wildman–Crippen MR) is 157 cm³/mol. The van der Waals surface area contributed by atoms with Crippen LogP contribution in [0.25, 0.3) is 11.3 Å². The van der Waals surface area contributed by atoms with Crippen LogP contribution in [0.4, 0.5) is 0 Å². The number of sulfonamides is 1. The van der Waals surface area contributed by atoms with Gasteiger partial charge in [0.25, 0.3) is 0 Å². The lowest BCUT2D eigenvalue weighted by Gasteiger charge is -2.37. The van der Waals surface area contributed by atoms with Crippen LogP contribution in [0, 0.1) is 20.8 Å². The second-order valence-electron chi connectivity index (χ2n) is 11.2. The normalized spacial score (nSPS) is 22.0. The molecule has 40 heavy (non-hydrogen) atoms. The van der Waals surface area contributed by atoms with Gasteiger partial charge in [-0.2, -0.15) is 4.31 Å². The van der Waals surface area contributed by atoms with Crippen LogP contribution in [0.2, 0.25) is 10.0 Å². The first-order valence-corrected chi connectivity index (χ1v) is 15.9. The topological polar surface area (TPSA) is 88.4 Å². The van der Waals surface area contributed by atoms with E-state index in [0.29, 0.717) is 40.0 Å². The molecule has 2 aliphatic rings. The van der Waals surface area contributed by atoms with E-state index in [1.807, 2.05) is 63.0 Å². The molecule has 0 bridgehead atoms. The summed E-state index contributed by atoms with van der Waals surface area (Å²) in [6, 6.07) is 8.63. The van der Waals surface area contributed by atoms with Gasteiger partial charge in [-0.15, -0.1) is 5.10 Å². The summed E-state index contributed by atoms with van der Waals surface area (Å²) in [5.41, 5.74) is 3.98. The first-order chi connectivity index (χ1) is 19.0. The third kappa shape index (κ3) is 5.66. The van der Waals surface area contributed by atoms with E-state index in [9.17, 15) is 13.2 Å². The van der Waals surface area contributed by atoms with Crippen LogP contribution in [-0.4, -0.2) is 64.2 Å². The molecule has 2 aromatic carbocycles. The van der Waals surface area contributed by atoms with Gasteiger partial charge in [-0.3, -0.25) is 4.79 Å². The smallest absolute Gasteiger partial charge is 0.244 e. The zero-order valence-electron chi connectivity index (χ0n) is 23.3. The van der Waals surface area contributed by atoms with Crippen LogP contribution < -0.4 is 0 Å². The number of amides is 1. The number of carbonyl (C=O) groups excluding carboxylic acids is 1. The SMILES string of the molecule is Cc1cc(C)c(S(=O)(=O)N2CCCC2C(=O)N(C)C2CCC(n3cc(-c4cc(Cl)cc(Cl)c4)nn3)CC2)c(C)c1. The van der Waals surface area contributed by atoms with Crippen molar-refractivity contribution in [2.45, 2.75) is 82.3 Å². The quantitative estimate of drug-likeness (QED) is 0.346. The van der Waals surface area contributed by atoms with E-state index in [1.165, 1.54) is 4.31 Å². The van der Waals surface area contributed by atoms with E-state index in [2.05, 4.69) is 10.3 Å². The fourth-order valence-corrected chi connectivity index (χ4v) is 8.97. The molecule has 214 valence electrons. The maximum absolute atomic E-state index is 13.8. The Kier molecular flexibility index (Phi) is 8.30. The highest BCUT2D eigenvalue weighted by atomic mass is 35.5. The van der Waals surface area contributed by atoms with Gasteiger partial charge in [-0.1, -0.05) is 46.1 Å². The summed E-state index contributed by atoms with van der Waals surface area (Å²) in [6.07, 6.45) is 6.43. The van der Waals surface area contributed by atoms with Crippen LogP contribution in [0.15, 0.2) is 41.4 Å². The Morgan fingerprint density at radius 1 is 0.950 bits per heavy atom. The van der Waals surface area contributed by atoms with E-state index >= 15 is 0 Å². The van der Waals surface area contributed by atoms with Crippen molar-refractivity contribution >= 4 is 39.1 Å². The number of hydrogen-bond donors (Lipinski definition) is 0. The van der Waals surface area contributed by atoms with E-state index in [1.54, 1.807) is 11.0 Å². The number of halogens is 2. The molecule has 1 unspecified atom stereocenters. The second-order valence-corrected chi connectivity index (χ2v) is 13.9. The van der Waals surface area contributed by atoms with Gasteiger partial charge in [0.15, 0.2) is 0 Å². The molecule has 3 aromatic rings. The maximum Gasteiger partial charge on any atom is 0.244 e. The van der Waals surface area contributed by atoms with E-state index in [4.69, 9.17) is 23.2 Å². The average molecular weight is 605 g/mol. The molecule has 8 nitrogen and oxygen atoms in total. The van der Waals surface area contributed by atoms with Gasteiger partial charge in [0.2, 0.25) is 15.9 Å². The van der Waals surface area contributed by atoms with Crippen LogP contribution in [-0.2, 0) is 14.8 Å². The highest BCUT2D eigenvalue weighted by molar-refractivity contribution is 7.89. The number of nitrogens with zero attached hydrogens (tertiary/aromatic N) is 5. The van der Waals surface area contributed by atoms with Gasteiger partial charge in [0.1, 0.15) is 11.7 Å². The third-order valence-corrected chi connectivity index (χ3v) is 10.9. The summed E-state index contributed by atoms with van der Waals surface area (Å²) in [6.45, 7) is 5.97. The summed E-state index contributed by atoms with van der Waals surface area (Å²) < 4.78 is 30.9. The lowest BCUT2D eigenvalue weighted by Crippen LogP contribution is -2.50. The summed E-state index contributed by atoms with van der Waals surface area (Å²) in [4.78, 5) is 15.8. The summed E-state index contributed by atoms with van der Waals surface area (Å²) in [5.74, 6) is -0.118. The molecule has 11 heteroatoms. The van der Waals surface area contributed by atoms with Gasteiger partial charge in [-0.25, -0.2) is 13.1 Å². The average Bonchev–Trinajstić information content (AvgIpc) is 3.57. The Morgan fingerprint density at radius 3 is 2.20 bits per heavy atom. The van der Waals surface area contributed by atoms with Crippen LogP contribution in [0.1, 0.15) is 61.3 Å². The molecule has 0 radical (unpaired) electrons. The molecule has 2 heterocycles. The fourth-order valence-electron chi connectivity index (χ4n) is 6.38. The van der Waals surface area contributed by atoms with Crippen LogP contribution >= 0.6 is 23.2 Å². The van der Waals surface area contributed by atoms with Gasteiger partial charge >= 0.3 is 0 Å². The fraction of sp³-hybridized carbons (Fsp3) is 0.483. The highest BCUT2D eigenvalue weighted by Gasteiger charge is 2.43. The Morgan fingerprint density at radius 2 is 1.57 bits per heavy atom. The standard InChI is InChI=1S/C29H35Cl2N5O3S/c1-18-12-19(2)28(20(3)13-18)40(38,39)36-11-5-6-27(36)29(37)34(4)24-7-9-25(10-8-24)35-17-26(32-33-35)21-14-22(30)16-23(31)15-21/h12-17,24-25,27H,5-11H2,1-4H3. The first-order valence-electron chi connectivity index (χ1n) is 13.7. The van der Waals surface area contributed by atoms with Crippen LogP contribution in [0.5, 0.6) is 0 Å². The largest absolute Gasteiger partial charge is 0.341 e. The molecule has 1 atom stereocenters. The molecule has 1 aromatic heterocycles. The molecular formula is C29H35Cl2N5O3S. The van der Waals surface area contributed by atoms with Crippen molar-refractivity contribution in [2.75, 3.05) is 13.6 Å². The van der Waals surface area contributed by atoms with Crippen molar-refractivity contribution < 1.29 is 13.2 Å². The van der Waals surface area contributed by atoms with Crippen LogP contribution in [0.3, 0.4) is 0 Å². The molecular weight excluding hydrogens is 569 g/mol. The van der Waals surface area contributed by atoms with Crippen molar-refractivity contribution in [3.05, 3.63) is 63.3 Å². The number of aromatic nitrogens is 3. The van der Waals surface area contributed by atoms with E-state index in [-0.39, 0.29) is 18.0 Å². The number of carbonyl (C=O) groups is 1. The third-order valence-electron chi connectivity index (χ3n) is 8.26. The molecule has 1 amide bonds. The van der Waals surface area contributed by atoms with Gasteiger partial charge in [0.05, 0.1) is 17.1 Å². The number of hydrogen-bond acceptors (Lipinski definition) is 5. The van der Waals surface area contributed by atoms with Crippen molar-refractivity contribution in [2.24, 2.45) is 0 Å².